The first kappa shape index (κ1) is 28.9. The van der Waals surface area contributed by atoms with Crippen LogP contribution >= 0.6 is 0 Å². The molecule has 0 saturated carbocycles. The minimum Gasteiger partial charge on any atom is -0.497 e. The standard InChI is InChI=1S/C29H31NO10/c1-5-14-37-29-24(30-27(33)21-8-6-7-9-22(21)28(30)34)26(39-18(3)32)25(38-17(2)31)23(40-29)16-36-15-19-10-12-20(35-4)13-11-19/h5-13,23-26,29H,1,14-16H2,2-4H3/t23-,24-,25-,26-,29-/m1/s1. The number of hydrogen-bond donors (Lipinski definition) is 0. The summed E-state index contributed by atoms with van der Waals surface area (Å²) in [7, 11) is 1.57. The molecule has 5 atom stereocenters. The number of fused-ring (bicyclic) bond motifs is 1. The molecule has 0 N–H and O–H groups in total. The van der Waals surface area contributed by atoms with Crippen molar-refractivity contribution in [2.24, 2.45) is 0 Å². The van der Waals surface area contributed by atoms with Crippen molar-refractivity contribution >= 4 is 23.8 Å². The molecule has 0 unspecified atom stereocenters. The van der Waals surface area contributed by atoms with Gasteiger partial charge in [-0.15, -0.1) is 6.58 Å². The number of esters is 2. The first-order valence-corrected chi connectivity index (χ1v) is 12.6. The number of hydrogen-bond acceptors (Lipinski definition) is 10. The van der Waals surface area contributed by atoms with Gasteiger partial charge in [-0.25, -0.2) is 0 Å². The number of carbonyl (C=O) groups is 4. The molecule has 11 heteroatoms. The SMILES string of the molecule is C=CCO[C@@H]1O[C@H](COCc2ccc(OC)cc2)[C@@H](OC(C)=O)[C@H](OC(C)=O)[C@H]1N1C(=O)c2ccccc2C1=O. The van der Waals surface area contributed by atoms with Crippen molar-refractivity contribution < 1.29 is 47.6 Å². The van der Waals surface area contributed by atoms with Gasteiger partial charge in [0.15, 0.2) is 18.5 Å². The maximum absolute atomic E-state index is 13.4. The van der Waals surface area contributed by atoms with E-state index in [9.17, 15) is 19.2 Å². The highest BCUT2D eigenvalue weighted by Crippen LogP contribution is 2.35. The van der Waals surface area contributed by atoms with Gasteiger partial charge in [0.2, 0.25) is 0 Å². The van der Waals surface area contributed by atoms with Crippen molar-refractivity contribution in [3.05, 3.63) is 77.9 Å². The van der Waals surface area contributed by atoms with Crippen molar-refractivity contribution in [3.63, 3.8) is 0 Å². The molecule has 2 aliphatic rings. The Morgan fingerprint density at radius 3 is 2.10 bits per heavy atom. The summed E-state index contributed by atoms with van der Waals surface area (Å²) < 4.78 is 34.3. The average Bonchev–Trinajstić information content (AvgIpc) is 3.18. The van der Waals surface area contributed by atoms with Gasteiger partial charge in [-0.3, -0.25) is 24.1 Å². The van der Waals surface area contributed by atoms with Crippen LogP contribution in [-0.2, 0) is 39.9 Å². The van der Waals surface area contributed by atoms with Gasteiger partial charge in [-0.1, -0.05) is 30.3 Å². The topological polar surface area (TPSA) is 127 Å². The van der Waals surface area contributed by atoms with Crippen LogP contribution in [0.25, 0.3) is 0 Å². The van der Waals surface area contributed by atoms with E-state index in [4.69, 9.17) is 28.4 Å². The molecule has 2 amide bonds. The van der Waals surface area contributed by atoms with Crippen LogP contribution in [0.2, 0.25) is 0 Å². The molecule has 0 aromatic heterocycles. The van der Waals surface area contributed by atoms with E-state index in [-0.39, 0.29) is 30.9 Å². The number of rotatable bonds is 11. The van der Waals surface area contributed by atoms with E-state index >= 15 is 0 Å². The zero-order valence-corrected chi connectivity index (χ0v) is 22.4. The van der Waals surface area contributed by atoms with E-state index in [0.29, 0.717) is 5.75 Å². The fraction of sp³-hybridized carbons (Fsp3) is 0.379. The van der Waals surface area contributed by atoms with Crippen molar-refractivity contribution in [3.8, 4) is 5.75 Å². The fourth-order valence-corrected chi connectivity index (χ4v) is 4.75. The summed E-state index contributed by atoms with van der Waals surface area (Å²) in [4.78, 5) is 52.3. The minimum atomic E-state index is -1.32. The normalized spacial score (nSPS) is 23.9. The van der Waals surface area contributed by atoms with E-state index in [0.717, 1.165) is 10.5 Å². The van der Waals surface area contributed by atoms with Crippen molar-refractivity contribution in [1.29, 1.82) is 0 Å². The molecule has 0 aliphatic carbocycles. The molecule has 40 heavy (non-hydrogen) atoms. The van der Waals surface area contributed by atoms with Crippen LogP contribution in [0.5, 0.6) is 5.75 Å². The Labute approximate surface area is 231 Å². The Hall–Kier alpha value is -4.06. The van der Waals surface area contributed by atoms with Gasteiger partial charge in [0.25, 0.3) is 11.8 Å². The molecule has 2 aromatic rings. The molecule has 2 heterocycles. The first-order valence-electron chi connectivity index (χ1n) is 12.6. The second-order valence-electron chi connectivity index (χ2n) is 9.19. The van der Waals surface area contributed by atoms with E-state index in [2.05, 4.69) is 6.58 Å². The van der Waals surface area contributed by atoms with Crippen LogP contribution in [0, 0.1) is 0 Å². The Kier molecular flexibility index (Phi) is 9.30. The molecule has 1 saturated heterocycles. The number of amides is 2. The average molecular weight is 554 g/mol. The van der Waals surface area contributed by atoms with E-state index in [1.165, 1.54) is 32.1 Å². The van der Waals surface area contributed by atoms with Gasteiger partial charge >= 0.3 is 11.9 Å². The summed E-state index contributed by atoms with van der Waals surface area (Å²) in [5.41, 5.74) is 1.22. The van der Waals surface area contributed by atoms with Gasteiger partial charge in [0.1, 0.15) is 17.9 Å². The maximum Gasteiger partial charge on any atom is 0.303 e. The first-order chi connectivity index (χ1) is 19.2. The molecule has 0 bridgehead atoms. The van der Waals surface area contributed by atoms with Crippen LogP contribution < -0.4 is 4.74 Å². The number of nitrogens with zero attached hydrogens (tertiary/aromatic N) is 1. The molecule has 212 valence electrons. The lowest BCUT2D eigenvalue weighted by Crippen LogP contribution is -2.67. The molecule has 2 aliphatic heterocycles. The number of benzene rings is 2. The Morgan fingerprint density at radius 2 is 1.55 bits per heavy atom. The predicted octanol–water partition coefficient (Wildman–Crippen LogP) is 2.67. The van der Waals surface area contributed by atoms with Crippen LogP contribution in [0.3, 0.4) is 0 Å². The summed E-state index contributed by atoms with van der Waals surface area (Å²) >= 11 is 0. The fourth-order valence-electron chi connectivity index (χ4n) is 4.75. The largest absolute Gasteiger partial charge is 0.497 e. The highest BCUT2D eigenvalue weighted by Gasteiger charge is 2.57. The van der Waals surface area contributed by atoms with Crippen molar-refractivity contribution in [2.45, 2.75) is 51.1 Å². The summed E-state index contributed by atoms with van der Waals surface area (Å²) in [5, 5.41) is 0. The van der Waals surface area contributed by atoms with Crippen molar-refractivity contribution in [1.82, 2.24) is 4.90 Å². The quantitative estimate of drug-likeness (QED) is 0.233. The van der Waals surface area contributed by atoms with Crippen molar-refractivity contribution in [2.75, 3.05) is 20.3 Å². The highest BCUT2D eigenvalue weighted by atomic mass is 16.7. The monoisotopic (exact) mass is 553 g/mol. The van der Waals surface area contributed by atoms with Crippen LogP contribution in [0.4, 0.5) is 0 Å². The molecule has 4 rings (SSSR count). The van der Waals surface area contributed by atoms with Crippen LogP contribution in [0.15, 0.2) is 61.2 Å². The predicted molar refractivity (Wildman–Crippen MR) is 139 cm³/mol. The summed E-state index contributed by atoms with van der Waals surface area (Å²) in [6.07, 6.45) is -3.31. The number of ether oxygens (including phenoxy) is 6. The molecule has 0 radical (unpaired) electrons. The molecule has 1 fully saturated rings. The summed E-state index contributed by atoms with van der Waals surface area (Å²) in [6, 6.07) is 12.3. The van der Waals surface area contributed by atoms with E-state index < -0.39 is 54.4 Å². The number of imide groups is 1. The second-order valence-corrected chi connectivity index (χ2v) is 9.19. The van der Waals surface area contributed by atoms with Gasteiger partial charge in [-0.05, 0) is 29.8 Å². The lowest BCUT2D eigenvalue weighted by atomic mass is 9.94. The van der Waals surface area contributed by atoms with Gasteiger partial charge in [0.05, 0.1) is 38.1 Å². The third-order valence-corrected chi connectivity index (χ3v) is 6.43. The molecule has 0 spiro atoms. The molecular weight excluding hydrogens is 522 g/mol. The van der Waals surface area contributed by atoms with E-state index in [1.807, 2.05) is 12.1 Å². The summed E-state index contributed by atoms with van der Waals surface area (Å²) in [5.74, 6) is -1.94. The molecular formula is C29H31NO10. The lowest BCUT2D eigenvalue weighted by Gasteiger charge is -2.47. The highest BCUT2D eigenvalue weighted by molar-refractivity contribution is 6.21. The lowest BCUT2D eigenvalue weighted by molar-refractivity contribution is -0.285. The van der Waals surface area contributed by atoms with Gasteiger partial charge in [0, 0.05) is 13.8 Å². The summed E-state index contributed by atoms with van der Waals surface area (Å²) in [6.45, 7) is 6.11. The molecule has 11 nitrogen and oxygen atoms in total. The van der Waals surface area contributed by atoms with Crippen LogP contribution in [0.1, 0.15) is 40.1 Å². The van der Waals surface area contributed by atoms with Gasteiger partial charge < -0.3 is 28.4 Å². The van der Waals surface area contributed by atoms with Crippen LogP contribution in [-0.4, -0.2) is 79.6 Å². The number of methoxy groups -OCH3 is 1. The third kappa shape index (κ3) is 6.22. The van der Waals surface area contributed by atoms with E-state index in [1.54, 1.807) is 31.4 Å². The second kappa shape index (κ2) is 12.9. The third-order valence-electron chi connectivity index (χ3n) is 6.43. The number of carbonyl (C=O) groups excluding carboxylic acids is 4. The minimum absolute atomic E-state index is 0.00517. The van der Waals surface area contributed by atoms with Gasteiger partial charge in [-0.2, -0.15) is 0 Å². The Bertz CT molecular complexity index is 1220. The smallest absolute Gasteiger partial charge is 0.303 e. The zero-order valence-electron chi connectivity index (χ0n) is 22.4. The maximum atomic E-state index is 13.4. The Balaban J connectivity index is 1.66. The molecule has 2 aromatic carbocycles. The zero-order chi connectivity index (χ0) is 28.8. The Morgan fingerprint density at radius 1 is 0.950 bits per heavy atom.